The molecular formula is C32H36ClN3O4. The number of ether oxygens (including phenoxy) is 2. The van der Waals surface area contributed by atoms with Gasteiger partial charge in [0, 0.05) is 36.0 Å². The second kappa shape index (κ2) is 13.8. The lowest BCUT2D eigenvalue weighted by Crippen LogP contribution is -2.22. The Kier molecular flexibility index (Phi) is 10.5. The minimum atomic E-state index is -0.148. The molecule has 0 aliphatic rings. The van der Waals surface area contributed by atoms with Gasteiger partial charge in [0.1, 0.15) is 30.8 Å². The van der Waals surface area contributed by atoms with Crippen LogP contribution in [0.1, 0.15) is 43.0 Å². The number of hydrogen-bond acceptors (Lipinski definition) is 7. The van der Waals surface area contributed by atoms with Crippen molar-refractivity contribution in [2.24, 2.45) is 5.73 Å². The number of phenols is 2. The van der Waals surface area contributed by atoms with E-state index in [-0.39, 0.29) is 30.8 Å². The second-order valence-electron chi connectivity index (χ2n) is 9.92. The smallest absolute Gasteiger partial charge is 0.161 e. The van der Waals surface area contributed by atoms with E-state index in [1.165, 1.54) is 12.3 Å². The molecule has 3 aromatic rings. The number of aromatic hydroxyl groups is 2. The molecule has 0 spiro atoms. The topological polar surface area (TPSA) is 121 Å². The SMILES string of the molecule is C/C(=C\C(C#N)=C/N)COc1cc(OCc2cccc(-c3ccc(O)c(O)c3C)c2C)c(Cl)cc1CNC(C)C. The van der Waals surface area contributed by atoms with Gasteiger partial charge in [0.15, 0.2) is 11.5 Å². The number of nitrogens with one attached hydrogen (secondary N) is 1. The zero-order valence-corrected chi connectivity index (χ0v) is 24.3. The van der Waals surface area contributed by atoms with Gasteiger partial charge < -0.3 is 30.7 Å². The summed E-state index contributed by atoms with van der Waals surface area (Å²) in [6.07, 6.45) is 2.95. The summed E-state index contributed by atoms with van der Waals surface area (Å²) in [7, 11) is 0. The van der Waals surface area contributed by atoms with Crippen LogP contribution in [0.4, 0.5) is 0 Å². The van der Waals surface area contributed by atoms with Gasteiger partial charge in [-0.3, -0.25) is 0 Å². The quantitative estimate of drug-likeness (QED) is 0.115. The fourth-order valence-electron chi connectivity index (χ4n) is 4.15. The highest BCUT2D eigenvalue weighted by Gasteiger charge is 2.16. The van der Waals surface area contributed by atoms with Crippen LogP contribution in [0.5, 0.6) is 23.0 Å². The van der Waals surface area contributed by atoms with Gasteiger partial charge in [-0.25, -0.2) is 0 Å². The average Bonchev–Trinajstić information content (AvgIpc) is 2.93. The number of rotatable bonds is 11. The summed E-state index contributed by atoms with van der Waals surface area (Å²) in [5.74, 6) is 0.827. The predicted octanol–water partition coefficient (Wildman–Crippen LogP) is 6.80. The summed E-state index contributed by atoms with van der Waals surface area (Å²) in [4.78, 5) is 0. The van der Waals surface area contributed by atoms with Gasteiger partial charge in [0.05, 0.1) is 10.6 Å². The van der Waals surface area contributed by atoms with Crippen molar-refractivity contribution in [1.29, 1.82) is 5.26 Å². The molecule has 5 N–H and O–H groups in total. The molecule has 0 fully saturated rings. The molecule has 210 valence electrons. The van der Waals surface area contributed by atoms with Crippen molar-refractivity contribution in [3.63, 3.8) is 0 Å². The highest BCUT2D eigenvalue weighted by Crippen LogP contribution is 2.38. The number of hydrogen-bond donors (Lipinski definition) is 4. The van der Waals surface area contributed by atoms with Crippen LogP contribution in [0.25, 0.3) is 11.1 Å². The van der Waals surface area contributed by atoms with E-state index in [9.17, 15) is 10.2 Å². The predicted molar refractivity (Wildman–Crippen MR) is 160 cm³/mol. The summed E-state index contributed by atoms with van der Waals surface area (Å²) in [5.41, 5.74) is 11.9. The van der Waals surface area contributed by atoms with Crippen LogP contribution >= 0.6 is 11.6 Å². The Morgan fingerprint density at radius 2 is 1.77 bits per heavy atom. The summed E-state index contributed by atoms with van der Waals surface area (Å²) >= 11 is 6.64. The Bertz CT molecular complexity index is 1470. The first-order chi connectivity index (χ1) is 19.0. The van der Waals surface area contributed by atoms with Crippen LogP contribution in [0.15, 0.2) is 65.9 Å². The van der Waals surface area contributed by atoms with Crippen molar-refractivity contribution < 1.29 is 19.7 Å². The van der Waals surface area contributed by atoms with Crippen LogP contribution in [0.2, 0.25) is 5.02 Å². The van der Waals surface area contributed by atoms with Crippen LogP contribution in [-0.2, 0) is 13.2 Å². The van der Waals surface area contributed by atoms with Crippen molar-refractivity contribution in [3.8, 4) is 40.2 Å². The molecule has 3 aromatic carbocycles. The Hall–Kier alpha value is -4.12. The van der Waals surface area contributed by atoms with Crippen molar-refractivity contribution in [1.82, 2.24) is 5.32 Å². The number of halogens is 1. The van der Waals surface area contributed by atoms with Crippen molar-refractivity contribution >= 4 is 11.6 Å². The average molecular weight is 562 g/mol. The summed E-state index contributed by atoms with van der Waals surface area (Å²) in [6, 6.07) is 15.1. The normalized spacial score (nSPS) is 11.9. The number of nitrogens with zero attached hydrogens (tertiary/aromatic N) is 1. The number of allylic oxidation sites excluding steroid dienone is 2. The maximum atomic E-state index is 10.2. The van der Waals surface area contributed by atoms with Gasteiger partial charge in [0.2, 0.25) is 0 Å². The van der Waals surface area contributed by atoms with E-state index in [1.54, 1.807) is 25.1 Å². The first-order valence-electron chi connectivity index (χ1n) is 13.0. The number of phenolic OH excluding ortho intramolecular Hbond substituents is 2. The van der Waals surface area contributed by atoms with Crippen LogP contribution in [0, 0.1) is 25.2 Å². The fraction of sp³-hybridized carbons (Fsp3) is 0.281. The maximum absolute atomic E-state index is 10.2. The summed E-state index contributed by atoms with van der Waals surface area (Å²) in [6.45, 7) is 10.8. The molecule has 0 aliphatic carbocycles. The molecule has 8 heteroatoms. The van der Waals surface area contributed by atoms with E-state index in [0.29, 0.717) is 34.2 Å². The van der Waals surface area contributed by atoms with Crippen molar-refractivity contribution in [3.05, 3.63) is 93.2 Å². The van der Waals surface area contributed by atoms with E-state index in [2.05, 4.69) is 19.2 Å². The second-order valence-corrected chi connectivity index (χ2v) is 10.3. The molecule has 0 heterocycles. The molecule has 0 saturated heterocycles. The maximum Gasteiger partial charge on any atom is 0.161 e. The van der Waals surface area contributed by atoms with Gasteiger partial charge in [-0.05, 0) is 66.8 Å². The zero-order chi connectivity index (χ0) is 29.4. The molecule has 0 saturated carbocycles. The largest absolute Gasteiger partial charge is 0.504 e. The Morgan fingerprint density at radius 1 is 1.05 bits per heavy atom. The van der Waals surface area contributed by atoms with Gasteiger partial charge in [-0.2, -0.15) is 5.26 Å². The summed E-state index contributed by atoms with van der Waals surface area (Å²) in [5, 5.41) is 33.1. The lowest BCUT2D eigenvalue weighted by Gasteiger charge is -2.18. The minimum Gasteiger partial charge on any atom is -0.504 e. The third-order valence-electron chi connectivity index (χ3n) is 6.51. The molecule has 7 nitrogen and oxygen atoms in total. The highest BCUT2D eigenvalue weighted by atomic mass is 35.5. The van der Waals surface area contributed by atoms with E-state index in [0.717, 1.165) is 33.4 Å². The highest BCUT2D eigenvalue weighted by molar-refractivity contribution is 6.32. The van der Waals surface area contributed by atoms with E-state index in [4.69, 9.17) is 32.1 Å². The van der Waals surface area contributed by atoms with Gasteiger partial charge in [0.25, 0.3) is 0 Å². The number of benzene rings is 3. The zero-order valence-electron chi connectivity index (χ0n) is 23.5. The standard InChI is InChI=1S/C32H36ClN3O4/c1-19(2)36-16-25-12-28(33)31(13-30(25)39-17-20(3)11-23(14-34)15-35)40-18-24-7-6-8-26(21(24)4)27-9-10-29(37)32(38)22(27)5/h6-14,19,36-38H,16-18,34H2,1-5H3/b20-11+,23-14+. The molecule has 0 aliphatic heterocycles. The molecule has 0 unspecified atom stereocenters. The number of nitriles is 1. The molecule has 3 rings (SSSR count). The van der Waals surface area contributed by atoms with E-state index in [1.807, 2.05) is 44.2 Å². The molecule has 0 bridgehead atoms. The summed E-state index contributed by atoms with van der Waals surface area (Å²) < 4.78 is 12.3. The van der Waals surface area contributed by atoms with Gasteiger partial charge in [-0.15, -0.1) is 0 Å². The van der Waals surface area contributed by atoms with E-state index < -0.39 is 0 Å². The monoisotopic (exact) mass is 561 g/mol. The van der Waals surface area contributed by atoms with Crippen molar-refractivity contribution in [2.75, 3.05) is 6.61 Å². The van der Waals surface area contributed by atoms with Crippen LogP contribution in [-0.4, -0.2) is 22.9 Å². The van der Waals surface area contributed by atoms with Gasteiger partial charge >= 0.3 is 0 Å². The fourth-order valence-corrected chi connectivity index (χ4v) is 4.40. The third kappa shape index (κ3) is 7.50. The molecule has 0 radical (unpaired) electrons. The molecule has 0 atom stereocenters. The number of nitrogens with two attached hydrogens (primary N) is 1. The minimum absolute atomic E-state index is 0.127. The lowest BCUT2D eigenvalue weighted by molar-refractivity contribution is 0.299. The first-order valence-corrected chi connectivity index (χ1v) is 13.3. The molecular weight excluding hydrogens is 526 g/mol. The van der Waals surface area contributed by atoms with Crippen LogP contribution in [0.3, 0.4) is 0 Å². The third-order valence-corrected chi connectivity index (χ3v) is 6.81. The molecule has 40 heavy (non-hydrogen) atoms. The Balaban J connectivity index is 1.88. The first kappa shape index (κ1) is 30.4. The Labute approximate surface area is 241 Å². The van der Waals surface area contributed by atoms with E-state index >= 15 is 0 Å². The van der Waals surface area contributed by atoms with Crippen molar-refractivity contribution in [2.45, 2.75) is 53.8 Å². The molecule has 0 aromatic heterocycles. The molecule has 0 amide bonds. The Morgan fingerprint density at radius 3 is 2.45 bits per heavy atom. The van der Waals surface area contributed by atoms with Gasteiger partial charge in [-0.1, -0.05) is 49.7 Å². The lowest BCUT2D eigenvalue weighted by atomic mass is 9.93. The van der Waals surface area contributed by atoms with Crippen LogP contribution < -0.4 is 20.5 Å².